The molecule has 15 rings (SSSR count). The van der Waals surface area contributed by atoms with Crippen molar-refractivity contribution in [1.82, 2.24) is 24.1 Å². The largest absolute Gasteiger partial charge is 0.484 e. The number of nitrogens with zero attached hydrogens (tertiary/aromatic N) is 5. The second-order valence-corrected chi connectivity index (χ2v) is 19.8. The van der Waals surface area contributed by atoms with Gasteiger partial charge in [0, 0.05) is 70.8 Å². The van der Waals surface area contributed by atoms with Crippen LogP contribution in [0.4, 0.5) is 0 Å². The molecule has 2 aliphatic heterocycles. The van der Waals surface area contributed by atoms with Crippen molar-refractivity contribution in [3.8, 4) is 62.2 Å². The van der Waals surface area contributed by atoms with Gasteiger partial charge in [0.15, 0.2) is 17.5 Å². The van der Waals surface area contributed by atoms with Crippen LogP contribution in [0.2, 0.25) is 0 Å². The van der Waals surface area contributed by atoms with E-state index in [1.54, 1.807) is 0 Å². The Morgan fingerprint density at radius 1 is 0.451 bits per heavy atom. The smallest absolute Gasteiger partial charge is 0.164 e. The van der Waals surface area contributed by atoms with Gasteiger partial charge < -0.3 is 13.9 Å². The van der Waals surface area contributed by atoms with Gasteiger partial charge in [0.1, 0.15) is 11.9 Å². The standard InChI is InChI=1S/C64H41N5OS/c1-38-25-29-47(64-66-62(39-15-5-2-6-16-39)65-63(67-64)40-17-7-3-8-18-40)59-51-35-42(28-32-56(51)70-61(38)59)41-26-30-53-48(33-41)49-34-43(27-31-54(49)68(53)45-19-9-4-10-20-45)44-36-50-46-21-11-12-22-52(46)69-55-23-13-14-24-57(55)71-58(37-44)60(50)69/h2-38,61H,1H3. The molecule has 0 spiro atoms. The molecule has 0 saturated carbocycles. The molecule has 1 aliphatic carbocycles. The summed E-state index contributed by atoms with van der Waals surface area (Å²) in [5.74, 6) is 2.92. The molecule has 9 aromatic carbocycles. The molecule has 0 saturated heterocycles. The Morgan fingerprint density at radius 2 is 1.03 bits per heavy atom. The fourth-order valence-electron chi connectivity index (χ4n) is 11.2. The zero-order valence-electron chi connectivity index (χ0n) is 38.5. The predicted molar refractivity (Wildman–Crippen MR) is 290 cm³/mol. The molecule has 0 N–H and O–H groups in total. The van der Waals surface area contributed by atoms with E-state index < -0.39 is 0 Å². The molecule has 334 valence electrons. The molecule has 2 atom stereocenters. The van der Waals surface area contributed by atoms with Gasteiger partial charge in [0.2, 0.25) is 0 Å². The molecular formula is C64H41N5OS. The molecule has 3 aromatic heterocycles. The number of para-hydroxylation sites is 3. The average molecular weight is 928 g/mol. The van der Waals surface area contributed by atoms with Crippen LogP contribution in [0.3, 0.4) is 0 Å². The summed E-state index contributed by atoms with van der Waals surface area (Å²) in [7, 11) is 0. The normalized spacial score (nSPS) is 15.6. The Hall–Kier alpha value is -8.78. The number of hydrogen-bond donors (Lipinski definition) is 0. The first kappa shape index (κ1) is 40.1. The molecule has 2 unspecified atom stereocenters. The molecule has 6 nitrogen and oxygen atoms in total. The van der Waals surface area contributed by atoms with Crippen LogP contribution < -0.4 is 4.74 Å². The van der Waals surface area contributed by atoms with Gasteiger partial charge in [-0.1, -0.05) is 158 Å². The first-order valence-electron chi connectivity index (χ1n) is 24.2. The summed E-state index contributed by atoms with van der Waals surface area (Å²) in [5.41, 5.74) is 16.9. The van der Waals surface area contributed by atoms with E-state index in [1.165, 1.54) is 64.7 Å². The van der Waals surface area contributed by atoms with E-state index in [0.29, 0.717) is 17.5 Å². The van der Waals surface area contributed by atoms with Crippen LogP contribution in [-0.2, 0) is 0 Å². The van der Waals surface area contributed by atoms with E-state index in [4.69, 9.17) is 19.7 Å². The third-order valence-corrected chi connectivity index (χ3v) is 15.7. The minimum atomic E-state index is -0.180. The molecule has 3 aliphatic rings. The van der Waals surface area contributed by atoms with Gasteiger partial charge >= 0.3 is 0 Å². The van der Waals surface area contributed by atoms with Gasteiger partial charge in [0.05, 0.1) is 27.8 Å². The lowest BCUT2D eigenvalue weighted by Gasteiger charge is -2.23. The Kier molecular flexibility index (Phi) is 8.83. The van der Waals surface area contributed by atoms with Crippen LogP contribution >= 0.6 is 11.8 Å². The molecule has 0 radical (unpaired) electrons. The summed E-state index contributed by atoms with van der Waals surface area (Å²) < 4.78 is 11.7. The highest BCUT2D eigenvalue weighted by molar-refractivity contribution is 7.99. The van der Waals surface area contributed by atoms with Crippen LogP contribution in [0.1, 0.15) is 18.3 Å². The Bertz CT molecular complexity index is 4190. The van der Waals surface area contributed by atoms with Crippen LogP contribution in [0.25, 0.3) is 111 Å². The van der Waals surface area contributed by atoms with E-state index in [1.807, 2.05) is 48.2 Å². The van der Waals surface area contributed by atoms with Crippen molar-refractivity contribution in [2.75, 3.05) is 0 Å². The van der Waals surface area contributed by atoms with E-state index in [-0.39, 0.29) is 12.0 Å². The van der Waals surface area contributed by atoms with Gasteiger partial charge in [-0.3, -0.25) is 0 Å². The SMILES string of the molecule is CC1C=CC(c2nc(-c3ccccc3)nc(-c3ccccc3)n2)=C2c3cc(-c4ccc5c(c4)c4cc(-c6cc7c8c(c6)c6ccccc6n8-c6ccccc6S7)ccc4n5-c4ccccc4)ccc3OC21. The monoisotopic (exact) mass is 927 g/mol. The fraction of sp³-hybridized carbons (Fsp3) is 0.0469. The molecule has 5 heterocycles. The lowest BCUT2D eigenvalue weighted by atomic mass is 9.84. The summed E-state index contributed by atoms with van der Waals surface area (Å²) in [5, 5.41) is 4.94. The first-order valence-corrected chi connectivity index (χ1v) is 25.0. The van der Waals surface area contributed by atoms with Crippen molar-refractivity contribution in [2.24, 2.45) is 5.92 Å². The second-order valence-electron chi connectivity index (χ2n) is 18.8. The van der Waals surface area contributed by atoms with Crippen molar-refractivity contribution in [2.45, 2.75) is 22.8 Å². The zero-order chi connectivity index (χ0) is 46.7. The molecule has 7 heteroatoms. The van der Waals surface area contributed by atoms with Gasteiger partial charge in [0.25, 0.3) is 0 Å². The van der Waals surface area contributed by atoms with Crippen LogP contribution in [0.5, 0.6) is 5.75 Å². The molecule has 0 bridgehead atoms. The third kappa shape index (κ3) is 6.26. The third-order valence-electron chi connectivity index (χ3n) is 14.6. The number of aromatic nitrogens is 5. The molecule has 0 fully saturated rings. The quantitative estimate of drug-likeness (QED) is 0.166. The van der Waals surface area contributed by atoms with E-state index >= 15 is 0 Å². The van der Waals surface area contributed by atoms with Crippen molar-refractivity contribution < 1.29 is 4.74 Å². The number of benzene rings is 9. The highest BCUT2D eigenvalue weighted by atomic mass is 32.2. The fourth-order valence-corrected chi connectivity index (χ4v) is 12.4. The number of allylic oxidation sites excluding steroid dienone is 2. The highest BCUT2D eigenvalue weighted by Crippen LogP contribution is 2.51. The van der Waals surface area contributed by atoms with Crippen molar-refractivity contribution >= 4 is 66.5 Å². The maximum absolute atomic E-state index is 6.83. The van der Waals surface area contributed by atoms with Crippen LogP contribution in [0, 0.1) is 5.92 Å². The number of rotatable bonds is 6. The van der Waals surface area contributed by atoms with E-state index in [0.717, 1.165) is 55.9 Å². The highest BCUT2D eigenvalue weighted by Gasteiger charge is 2.38. The summed E-state index contributed by atoms with van der Waals surface area (Å²) >= 11 is 1.87. The summed E-state index contributed by atoms with van der Waals surface area (Å²) in [6.07, 6.45) is 4.23. The van der Waals surface area contributed by atoms with Crippen LogP contribution in [-0.4, -0.2) is 30.2 Å². The summed E-state index contributed by atoms with van der Waals surface area (Å²) in [4.78, 5) is 17.9. The topological polar surface area (TPSA) is 57.8 Å². The van der Waals surface area contributed by atoms with E-state index in [9.17, 15) is 0 Å². The number of fused-ring (bicyclic) bond motifs is 11. The Morgan fingerprint density at radius 3 is 1.76 bits per heavy atom. The predicted octanol–water partition coefficient (Wildman–Crippen LogP) is 16.1. The van der Waals surface area contributed by atoms with Crippen molar-refractivity contribution in [1.29, 1.82) is 0 Å². The van der Waals surface area contributed by atoms with Crippen LogP contribution in [0.15, 0.2) is 228 Å². The molecule has 12 aromatic rings. The zero-order valence-corrected chi connectivity index (χ0v) is 39.3. The average Bonchev–Trinajstić information content (AvgIpc) is 4.10. The van der Waals surface area contributed by atoms with Crippen molar-refractivity contribution in [3.63, 3.8) is 0 Å². The van der Waals surface area contributed by atoms with Gasteiger partial charge in [-0.05, 0) is 101 Å². The molecule has 0 amide bonds. The van der Waals surface area contributed by atoms with Gasteiger partial charge in [-0.15, -0.1) is 0 Å². The van der Waals surface area contributed by atoms with Crippen molar-refractivity contribution in [3.05, 3.63) is 230 Å². The maximum Gasteiger partial charge on any atom is 0.164 e. The minimum absolute atomic E-state index is 0.149. The number of hydrogen-bond acceptors (Lipinski definition) is 5. The minimum Gasteiger partial charge on any atom is -0.484 e. The Balaban J connectivity index is 0.895. The maximum atomic E-state index is 6.83. The summed E-state index contributed by atoms with van der Waals surface area (Å²) in [6, 6.07) is 74.1. The first-order chi connectivity index (χ1) is 35.1. The molecular weight excluding hydrogens is 887 g/mol. The van der Waals surface area contributed by atoms with E-state index in [2.05, 4.69) is 198 Å². The Labute approximate surface area is 413 Å². The molecule has 71 heavy (non-hydrogen) atoms. The lowest BCUT2D eigenvalue weighted by molar-refractivity contribution is 0.236. The van der Waals surface area contributed by atoms with Gasteiger partial charge in [-0.25, -0.2) is 15.0 Å². The second kappa shape index (κ2) is 15.6. The van der Waals surface area contributed by atoms with Gasteiger partial charge in [-0.2, -0.15) is 0 Å². The summed E-state index contributed by atoms with van der Waals surface area (Å²) in [6.45, 7) is 2.22. The number of ether oxygens (including phenoxy) is 1. The lowest BCUT2D eigenvalue weighted by Crippen LogP contribution is -2.23.